The van der Waals surface area contributed by atoms with Crippen molar-refractivity contribution in [1.82, 2.24) is 0 Å². The Kier molecular flexibility index (Phi) is 4.53. The highest BCUT2D eigenvalue weighted by Crippen LogP contribution is 2.32. The van der Waals surface area contributed by atoms with Gasteiger partial charge in [0.05, 0.1) is 23.6 Å². The van der Waals surface area contributed by atoms with Gasteiger partial charge in [-0.15, -0.1) is 0 Å². The average Bonchev–Trinajstić information content (AvgIpc) is 2.36. The summed E-state index contributed by atoms with van der Waals surface area (Å²) in [6, 6.07) is 6.22. The van der Waals surface area contributed by atoms with Crippen molar-refractivity contribution >= 4 is 11.4 Å². The highest BCUT2D eigenvalue weighted by atomic mass is 16.5. The molecule has 1 fully saturated rings. The molecule has 1 aromatic rings. The Hall–Kier alpha value is -1.42. The summed E-state index contributed by atoms with van der Waals surface area (Å²) in [7, 11) is 0. The van der Waals surface area contributed by atoms with Crippen LogP contribution in [0.3, 0.4) is 0 Å². The molecule has 19 heavy (non-hydrogen) atoms. The number of ether oxygens (including phenoxy) is 1. The SMILES string of the molecule is CC(C)Oc1cccc(NC2CCC(O)CC2)c1N. The molecule has 0 bridgehead atoms. The molecule has 1 saturated carbocycles. The number of rotatable bonds is 4. The fourth-order valence-corrected chi connectivity index (χ4v) is 2.47. The highest BCUT2D eigenvalue weighted by molar-refractivity contribution is 5.73. The highest BCUT2D eigenvalue weighted by Gasteiger charge is 2.20. The van der Waals surface area contributed by atoms with Gasteiger partial charge in [0.15, 0.2) is 0 Å². The Morgan fingerprint density at radius 3 is 2.58 bits per heavy atom. The van der Waals surface area contributed by atoms with Crippen LogP contribution in [0.25, 0.3) is 0 Å². The summed E-state index contributed by atoms with van der Waals surface area (Å²) in [5.74, 6) is 0.732. The van der Waals surface area contributed by atoms with Gasteiger partial charge in [0.2, 0.25) is 0 Å². The zero-order valence-corrected chi connectivity index (χ0v) is 11.7. The van der Waals surface area contributed by atoms with E-state index in [0.717, 1.165) is 37.1 Å². The second kappa shape index (κ2) is 6.15. The second-order valence-corrected chi connectivity index (χ2v) is 5.53. The molecule has 0 radical (unpaired) electrons. The molecule has 0 spiro atoms. The van der Waals surface area contributed by atoms with E-state index in [-0.39, 0.29) is 12.2 Å². The molecule has 4 nitrogen and oxygen atoms in total. The first-order valence-electron chi connectivity index (χ1n) is 7.06. The Balaban J connectivity index is 2.04. The standard InChI is InChI=1S/C15H24N2O2/c1-10(2)19-14-5-3-4-13(15(14)16)17-11-6-8-12(18)9-7-11/h3-5,10-12,17-18H,6-9,16H2,1-2H3. The first kappa shape index (κ1) is 14.0. The third-order valence-corrected chi connectivity index (χ3v) is 3.49. The van der Waals surface area contributed by atoms with E-state index in [9.17, 15) is 5.11 Å². The summed E-state index contributed by atoms with van der Waals surface area (Å²) < 4.78 is 5.69. The van der Waals surface area contributed by atoms with E-state index in [0.29, 0.717) is 11.7 Å². The van der Waals surface area contributed by atoms with Crippen molar-refractivity contribution in [3.05, 3.63) is 18.2 Å². The first-order valence-corrected chi connectivity index (χ1v) is 7.06. The van der Waals surface area contributed by atoms with Gasteiger partial charge in [-0.05, 0) is 51.7 Å². The fourth-order valence-electron chi connectivity index (χ4n) is 2.47. The van der Waals surface area contributed by atoms with Crippen LogP contribution in [-0.4, -0.2) is 23.4 Å². The Morgan fingerprint density at radius 2 is 1.95 bits per heavy atom. The summed E-state index contributed by atoms with van der Waals surface area (Å²) in [6.45, 7) is 3.98. The number of para-hydroxylation sites is 1. The lowest BCUT2D eigenvalue weighted by atomic mass is 9.93. The second-order valence-electron chi connectivity index (χ2n) is 5.53. The number of nitrogen functional groups attached to an aromatic ring is 1. The predicted octanol–water partition coefficient (Wildman–Crippen LogP) is 2.77. The van der Waals surface area contributed by atoms with Gasteiger partial charge in [-0.1, -0.05) is 6.07 Å². The molecule has 0 saturated heterocycles. The molecule has 0 unspecified atom stereocenters. The predicted molar refractivity (Wildman–Crippen MR) is 78.5 cm³/mol. The summed E-state index contributed by atoms with van der Waals surface area (Å²) in [5, 5.41) is 13.0. The van der Waals surface area contributed by atoms with Crippen LogP contribution in [0.4, 0.5) is 11.4 Å². The number of anilines is 2. The summed E-state index contributed by atoms with van der Waals surface area (Å²) in [5.41, 5.74) is 7.74. The van der Waals surface area contributed by atoms with E-state index >= 15 is 0 Å². The minimum Gasteiger partial charge on any atom is -0.489 e. The number of nitrogens with two attached hydrogens (primary N) is 1. The van der Waals surface area contributed by atoms with Crippen molar-refractivity contribution in [2.24, 2.45) is 0 Å². The number of aliphatic hydroxyl groups is 1. The van der Waals surface area contributed by atoms with Gasteiger partial charge < -0.3 is 20.9 Å². The van der Waals surface area contributed by atoms with Crippen LogP contribution in [0.1, 0.15) is 39.5 Å². The van der Waals surface area contributed by atoms with Crippen molar-refractivity contribution in [2.75, 3.05) is 11.1 Å². The van der Waals surface area contributed by atoms with Gasteiger partial charge in [0, 0.05) is 6.04 Å². The van der Waals surface area contributed by atoms with Crippen molar-refractivity contribution in [3.8, 4) is 5.75 Å². The maximum atomic E-state index is 9.52. The molecule has 0 atom stereocenters. The first-order chi connectivity index (χ1) is 9.06. The molecule has 2 rings (SSSR count). The summed E-state index contributed by atoms with van der Waals surface area (Å²) >= 11 is 0. The third-order valence-electron chi connectivity index (χ3n) is 3.49. The van der Waals surface area contributed by atoms with Crippen molar-refractivity contribution in [2.45, 2.75) is 57.8 Å². The van der Waals surface area contributed by atoms with Crippen LogP contribution in [0, 0.1) is 0 Å². The summed E-state index contributed by atoms with van der Waals surface area (Å²) in [6.07, 6.45) is 3.67. The van der Waals surface area contributed by atoms with E-state index < -0.39 is 0 Å². The minimum atomic E-state index is -0.133. The smallest absolute Gasteiger partial charge is 0.144 e. The van der Waals surface area contributed by atoms with E-state index in [2.05, 4.69) is 5.32 Å². The van der Waals surface area contributed by atoms with Gasteiger partial charge in [-0.25, -0.2) is 0 Å². The number of hydrogen-bond acceptors (Lipinski definition) is 4. The molecular weight excluding hydrogens is 240 g/mol. The van der Waals surface area contributed by atoms with Crippen LogP contribution < -0.4 is 15.8 Å². The molecular formula is C15H24N2O2. The minimum absolute atomic E-state index is 0.113. The molecule has 4 N–H and O–H groups in total. The topological polar surface area (TPSA) is 67.5 Å². The van der Waals surface area contributed by atoms with E-state index in [1.807, 2.05) is 32.0 Å². The number of aliphatic hydroxyl groups excluding tert-OH is 1. The normalized spacial score (nSPS) is 23.4. The molecule has 1 aromatic carbocycles. The zero-order chi connectivity index (χ0) is 13.8. The largest absolute Gasteiger partial charge is 0.489 e. The van der Waals surface area contributed by atoms with E-state index in [1.165, 1.54) is 0 Å². The Bertz CT molecular complexity index is 413. The van der Waals surface area contributed by atoms with Crippen LogP contribution in [0.5, 0.6) is 5.75 Å². The van der Waals surface area contributed by atoms with Crippen LogP contribution in [0.2, 0.25) is 0 Å². The maximum Gasteiger partial charge on any atom is 0.144 e. The van der Waals surface area contributed by atoms with Crippen molar-refractivity contribution in [1.29, 1.82) is 0 Å². The van der Waals surface area contributed by atoms with Gasteiger partial charge in [-0.3, -0.25) is 0 Å². The maximum absolute atomic E-state index is 9.52. The lowest BCUT2D eigenvalue weighted by molar-refractivity contribution is 0.126. The fraction of sp³-hybridized carbons (Fsp3) is 0.600. The van der Waals surface area contributed by atoms with Crippen LogP contribution in [0.15, 0.2) is 18.2 Å². The lowest BCUT2D eigenvalue weighted by Gasteiger charge is -2.28. The lowest BCUT2D eigenvalue weighted by Crippen LogP contribution is -2.28. The average molecular weight is 264 g/mol. The summed E-state index contributed by atoms with van der Waals surface area (Å²) in [4.78, 5) is 0. The van der Waals surface area contributed by atoms with Gasteiger partial charge in [-0.2, -0.15) is 0 Å². The number of benzene rings is 1. The Morgan fingerprint density at radius 1 is 1.26 bits per heavy atom. The molecule has 4 heteroatoms. The zero-order valence-electron chi connectivity index (χ0n) is 11.7. The van der Waals surface area contributed by atoms with Gasteiger partial charge >= 0.3 is 0 Å². The van der Waals surface area contributed by atoms with E-state index in [4.69, 9.17) is 10.5 Å². The molecule has 1 aliphatic carbocycles. The number of nitrogens with one attached hydrogen (secondary N) is 1. The quantitative estimate of drug-likeness (QED) is 0.731. The molecule has 106 valence electrons. The van der Waals surface area contributed by atoms with Gasteiger partial charge in [0.1, 0.15) is 5.75 Å². The van der Waals surface area contributed by atoms with Crippen molar-refractivity contribution in [3.63, 3.8) is 0 Å². The van der Waals surface area contributed by atoms with Gasteiger partial charge in [0.25, 0.3) is 0 Å². The van der Waals surface area contributed by atoms with Crippen LogP contribution >= 0.6 is 0 Å². The molecule has 0 aliphatic heterocycles. The molecule has 0 aromatic heterocycles. The molecule has 1 aliphatic rings. The monoisotopic (exact) mass is 264 g/mol. The van der Waals surface area contributed by atoms with Crippen molar-refractivity contribution < 1.29 is 9.84 Å². The Labute approximate surface area is 115 Å². The van der Waals surface area contributed by atoms with Crippen LogP contribution in [-0.2, 0) is 0 Å². The number of hydrogen-bond donors (Lipinski definition) is 3. The van der Waals surface area contributed by atoms with E-state index in [1.54, 1.807) is 0 Å². The third kappa shape index (κ3) is 3.77. The molecule has 0 heterocycles. The molecule has 0 amide bonds.